The minimum absolute atomic E-state index is 0.0675. The average Bonchev–Trinajstić information content (AvgIpc) is 2.58. The van der Waals surface area contributed by atoms with E-state index in [-0.39, 0.29) is 29.5 Å². The lowest BCUT2D eigenvalue weighted by atomic mass is 9.48. The molecular weight excluding hydrogens is 350 g/mol. The summed E-state index contributed by atoms with van der Waals surface area (Å²) < 4.78 is 26.6. The van der Waals surface area contributed by atoms with Gasteiger partial charge in [0.25, 0.3) is 5.91 Å². The van der Waals surface area contributed by atoms with Crippen molar-refractivity contribution < 1.29 is 18.4 Å². The molecule has 0 saturated heterocycles. The van der Waals surface area contributed by atoms with Crippen molar-refractivity contribution in [2.24, 2.45) is 23.2 Å². The van der Waals surface area contributed by atoms with Gasteiger partial charge in [-0.1, -0.05) is 0 Å². The van der Waals surface area contributed by atoms with Gasteiger partial charge in [-0.3, -0.25) is 9.59 Å². The van der Waals surface area contributed by atoms with Crippen LogP contribution in [0.15, 0.2) is 18.2 Å². The fraction of sp³-hybridized carbons (Fsp3) is 0.619. The van der Waals surface area contributed by atoms with Crippen LogP contribution >= 0.6 is 0 Å². The summed E-state index contributed by atoms with van der Waals surface area (Å²) in [6.45, 7) is 1.86. The SMILES string of the molecule is C[C@H](NC(=O)CNC(=O)c1ccc(F)cc1F)C12CC3CC(CC(C3)C1)C2. The Morgan fingerprint density at radius 3 is 2.26 bits per heavy atom. The van der Waals surface area contributed by atoms with Crippen LogP contribution in [0.1, 0.15) is 55.8 Å². The van der Waals surface area contributed by atoms with E-state index in [0.717, 1.165) is 29.9 Å². The monoisotopic (exact) mass is 376 g/mol. The van der Waals surface area contributed by atoms with Gasteiger partial charge in [0.1, 0.15) is 11.6 Å². The summed E-state index contributed by atoms with van der Waals surface area (Å²) in [5.74, 6) is -0.259. The first-order chi connectivity index (χ1) is 12.8. The lowest BCUT2D eigenvalue weighted by molar-refractivity contribution is -0.124. The molecule has 27 heavy (non-hydrogen) atoms. The molecule has 1 atom stereocenters. The van der Waals surface area contributed by atoms with Crippen LogP contribution in [-0.4, -0.2) is 24.4 Å². The standard InChI is InChI=1S/C21H26F2N2O2/c1-12(21-8-13-4-14(9-21)6-15(5-13)10-21)25-19(26)11-24-20(27)17-3-2-16(22)7-18(17)23/h2-3,7,12-15H,4-6,8-11H2,1H3,(H,24,27)(H,25,26)/t12-,13?,14?,15?,21?/m0/s1. The summed E-state index contributed by atoms with van der Waals surface area (Å²) in [4.78, 5) is 24.4. The molecule has 5 rings (SSSR count). The highest BCUT2D eigenvalue weighted by atomic mass is 19.1. The highest BCUT2D eigenvalue weighted by molar-refractivity contribution is 5.96. The number of rotatable bonds is 5. The topological polar surface area (TPSA) is 58.2 Å². The third-order valence-corrected chi connectivity index (χ3v) is 6.97. The van der Waals surface area contributed by atoms with Crippen molar-refractivity contribution in [1.82, 2.24) is 10.6 Å². The predicted octanol–water partition coefficient (Wildman–Crippen LogP) is 3.42. The van der Waals surface area contributed by atoms with Gasteiger partial charge in [-0.15, -0.1) is 0 Å². The van der Waals surface area contributed by atoms with Crippen LogP contribution < -0.4 is 10.6 Å². The molecule has 1 aromatic carbocycles. The van der Waals surface area contributed by atoms with Crippen molar-refractivity contribution in [3.63, 3.8) is 0 Å². The minimum Gasteiger partial charge on any atom is -0.352 e. The number of carbonyl (C=O) groups excluding carboxylic acids is 2. The molecule has 4 nitrogen and oxygen atoms in total. The van der Waals surface area contributed by atoms with E-state index in [1.165, 1.54) is 38.5 Å². The zero-order chi connectivity index (χ0) is 19.2. The number of halogens is 2. The van der Waals surface area contributed by atoms with E-state index in [1.54, 1.807) is 0 Å². The molecule has 0 heterocycles. The maximum absolute atomic E-state index is 13.7. The minimum atomic E-state index is -0.935. The molecule has 0 spiro atoms. The van der Waals surface area contributed by atoms with Gasteiger partial charge in [0.05, 0.1) is 12.1 Å². The molecule has 146 valence electrons. The van der Waals surface area contributed by atoms with Gasteiger partial charge in [0, 0.05) is 12.1 Å². The molecule has 0 aromatic heterocycles. The lowest BCUT2D eigenvalue weighted by Gasteiger charge is -2.59. The Balaban J connectivity index is 1.32. The largest absolute Gasteiger partial charge is 0.352 e. The fourth-order valence-electron chi connectivity index (χ4n) is 6.08. The Bertz CT molecular complexity index is 729. The molecule has 1 aromatic rings. The number of hydrogen-bond donors (Lipinski definition) is 2. The zero-order valence-corrected chi connectivity index (χ0v) is 15.6. The van der Waals surface area contributed by atoms with Gasteiger partial charge in [0.15, 0.2) is 0 Å². The van der Waals surface area contributed by atoms with Crippen molar-refractivity contribution in [2.75, 3.05) is 6.54 Å². The lowest BCUT2D eigenvalue weighted by Crippen LogP contribution is -2.56. The molecule has 4 saturated carbocycles. The normalized spacial score (nSPS) is 32.2. The van der Waals surface area contributed by atoms with Gasteiger partial charge in [-0.25, -0.2) is 8.78 Å². The number of nitrogens with one attached hydrogen (secondary N) is 2. The second-order valence-electron chi connectivity index (χ2n) is 8.88. The van der Waals surface area contributed by atoms with Crippen LogP contribution in [0.25, 0.3) is 0 Å². The molecule has 0 radical (unpaired) electrons. The molecule has 0 unspecified atom stereocenters. The molecule has 4 aliphatic rings. The number of benzene rings is 1. The van der Waals surface area contributed by atoms with Crippen LogP contribution in [0, 0.1) is 34.8 Å². The molecule has 6 heteroatoms. The maximum atomic E-state index is 13.7. The summed E-state index contributed by atoms with van der Waals surface area (Å²) in [7, 11) is 0. The van der Waals surface area contributed by atoms with E-state index >= 15 is 0 Å². The Labute approximate surface area is 158 Å². The first kappa shape index (κ1) is 18.4. The van der Waals surface area contributed by atoms with E-state index < -0.39 is 17.5 Å². The highest BCUT2D eigenvalue weighted by Gasteiger charge is 2.53. The number of hydrogen-bond acceptors (Lipinski definition) is 2. The Hall–Kier alpha value is -1.98. The maximum Gasteiger partial charge on any atom is 0.254 e. The Kier molecular flexibility index (Phi) is 4.68. The summed E-state index contributed by atoms with van der Waals surface area (Å²) >= 11 is 0. The third-order valence-electron chi connectivity index (χ3n) is 6.97. The van der Waals surface area contributed by atoms with Crippen LogP contribution in [0.3, 0.4) is 0 Å². The van der Waals surface area contributed by atoms with E-state index in [9.17, 15) is 18.4 Å². The van der Waals surface area contributed by atoms with E-state index in [1.807, 2.05) is 0 Å². The zero-order valence-electron chi connectivity index (χ0n) is 15.6. The van der Waals surface area contributed by atoms with Crippen molar-refractivity contribution in [1.29, 1.82) is 0 Å². The van der Waals surface area contributed by atoms with Crippen LogP contribution in [0.5, 0.6) is 0 Å². The first-order valence-electron chi connectivity index (χ1n) is 9.87. The molecule has 2 N–H and O–H groups in total. The Morgan fingerprint density at radius 1 is 1.11 bits per heavy atom. The second-order valence-corrected chi connectivity index (χ2v) is 8.88. The van der Waals surface area contributed by atoms with Gasteiger partial charge in [0.2, 0.25) is 5.91 Å². The van der Waals surface area contributed by atoms with Gasteiger partial charge in [-0.05, 0) is 80.8 Å². The van der Waals surface area contributed by atoms with Crippen LogP contribution in [0.4, 0.5) is 8.78 Å². The van der Waals surface area contributed by atoms with E-state index in [2.05, 4.69) is 17.6 Å². The van der Waals surface area contributed by atoms with Crippen LogP contribution in [-0.2, 0) is 4.79 Å². The summed E-state index contributed by atoms with van der Waals surface area (Å²) in [5.41, 5.74) is -0.0735. The quantitative estimate of drug-likeness (QED) is 0.827. The van der Waals surface area contributed by atoms with Crippen molar-refractivity contribution in [3.8, 4) is 0 Å². The second kappa shape index (κ2) is 6.88. The molecular formula is C21H26F2N2O2. The number of amides is 2. The summed E-state index contributed by atoms with van der Waals surface area (Å²) in [6, 6.07) is 2.82. The summed E-state index contributed by atoms with van der Waals surface area (Å²) in [5, 5.41) is 5.48. The van der Waals surface area contributed by atoms with Gasteiger partial charge >= 0.3 is 0 Å². The van der Waals surface area contributed by atoms with Gasteiger partial charge < -0.3 is 10.6 Å². The van der Waals surface area contributed by atoms with Crippen molar-refractivity contribution in [3.05, 3.63) is 35.4 Å². The average molecular weight is 376 g/mol. The molecule has 4 aliphatic carbocycles. The van der Waals surface area contributed by atoms with E-state index in [0.29, 0.717) is 6.07 Å². The molecule has 4 fully saturated rings. The van der Waals surface area contributed by atoms with E-state index in [4.69, 9.17) is 0 Å². The molecule has 4 bridgehead atoms. The third kappa shape index (κ3) is 3.58. The fourth-order valence-corrected chi connectivity index (χ4v) is 6.08. The van der Waals surface area contributed by atoms with Crippen molar-refractivity contribution >= 4 is 11.8 Å². The van der Waals surface area contributed by atoms with Crippen LogP contribution in [0.2, 0.25) is 0 Å². The summed E-state index contributed by atoms with van der Waals surface area (Å²) in [6.07, 6.45) is 7.60. The van der Waals surface area contributed by atoms with Gasteiger partial charge in [-0.2, -0.15) is 0 Å². The number of carbonyl (C=O) groups is 2. The Morgan fingerprint density at radius 2 is 1.70 bits per heavy atom. The first-order valence-corrected chi connectivity index (χ1v) is 9.87. The molecule has 2 amide bonds. The smallest absolute Gasteiger partial charge is 0.254 e. The van der Waals surface area contributed by atoms with Crippen molar-refractivity contribution in [2.45, 2.75) is 51.5 Å². The highest BCUT2D eigenvalue weighted by Crippen LogP contribution is 2.61. The predicted molar refractivity (Wildman–Crippen MR) is 96.9 cm³/mol. The molecule has 0 aliphatic heterocycles.